The molecule has 0 saturated heterocycles. The third-order valence-corrected chi connectivity index (χ3v) is 6.20. The topological polar surface area (TPSA) is 68.7 Å². The zero-order valence-electron chi connectivity index (χ0n) is 20.9. The fourth-order valence-corrected chi connectivity index (χ4v) is 4.76. The van der Waals surface area contributed by atoms with Gasteiger partial charge in [0.1, 0.15) is 5.75 Å². The number of allylic oxidation sites excluding steroid dienone is 1. The number of nitrogens with zero attached hydrogens (tertiary/aromatic N) is 1. The Hall–Kier alpha value is -3.18. The lowest BCUT2D eigenvalue weighted by atomic mass is 9.84. The Morgan fingerprint density at radius 3 is 2.71 bits per heavy atom. The van der Waals surface area contributed by atoms with E-state index in [0.717, 1.165) is 57.3 Å². The van der Waals surface area contributed by atoms with Gasteiger partial charge in [-0.05, 0) is 87.1 Å². The Morgan fingerprint density at radius 1 is 1.26 bits per heavy atom. The second kappa shape index (κ2) is 9.22. The number of aryl methyl sites for hydroxylation is 1. The molecule has 1 aromatic heterocycles. The molecule has 0 unspecified atom stereocenters. The van der Waals surface area contributed by atoms with Crippen molar-refractivity contribution in [2.24, 2.45) is 0 Å². The molecule has 1 atom stereocenters. The Labute approximate surface area is 201 Å². The molecule has 0 bridgehead atoms. The van der Waals surface area contributed by atoms with Crippen LogP contribution >= 0.6 is 0 Å². The lowest BCUT2D eigenvalue weighted by Crippen LogP contribution is -2.28. The van der Waals surface area contributed by atoms with Crippen molar-refractivity contribution >= 4 is 22.9 Å². The minimum Gasteiger partial charge on any atom is -0.493 e. The molecule has 5 nitrogen and oxygen atoms in total. The summed E-state index contributed by atoms with van der Waals surface area (Å²) in [6.45, 7) is 12.4. The number of hydrogen-bond donors (Lipinski definition) is 1. The Bertz CT molecular complexity index is 1270. The number of benzene rings is 2. The number of aliphatic carboxylic acids is 1. The molecule has 34 heavy (non-hydrogen) atoms. The molecular formula is C29H33NO4. The zero-order valence-corrected chi connectivity index (χ0v) is 20.9. The maximum atomic E-state index is 12.5. The molecule has 0 saturated carbocycles. The van der Waals surface area contributed by atoms with Crippen LogP contribution in [0.2, 0.25) is 0 Å². The fraction of sp³-hybridized carbons (Fsp3) is 0.379. The maximum Gasteiger partial charge on any atom is 0.337 e. The molecule has 3 aromatic rings. The van der Waals surface area contributed by atoms with Gasteiger partial charge < -0.3 is 14.6 Å². The van der Waals surface area contributed by atoms with Crippen LogP contribution in [0.3, 0.4) is 0 Å². The summed E-state index contributed by atoms with van der Waals surface area (Å²) in [6.07, 6.45) is 6.69. The predicted molar refractivity (Wildman–Crippen MR) is 136 cm³/mol. The largest absolute Gasteiger partial charge is 0.493 e. The van der Waals surface area contributed by atoms with E-state index in [1.54, 1.807) is 0 Å². The Morgan fingerprint density at radius 2 is 2.03 bits per heavy atom. The Kier molecular flexibility index (Phi) is 6.50. The van der Waals surface area contributed by atoms with E-state index in [2.05, 4.69) is 32.1 Å². The molecule has 1 aliphatic rings. The van der Waals surface area contributed by atoms with Crippen molar-refractivity contribution in [3.8, 4) is 16.9 Å². The zero-order chi connectivity index (χ0) is 24.6. The van der Waals surface area contributed by atoms with E-state index in [9.17, 15) is 9.90 Å². The number of pyridine rings is 1. The first-order chi connectivity index (χ1) is 16.1. The molecule has 2 heterocycles. The molecule has 1 N–H and O–H groups in total. The van der Waals surface area contributed by atoms with E-state index in [-0.39, 0.29) is 0 Å². The Balaban J connectivity index is 2.09. The second-order valence-corrected chi connectivity index (χ2v) is 9.86. The molecular weight excluding hydrogens is 426 g/mol. The second-order valence-electron chi connectivity index (χ2n) is 9.86. The van der Waals surface area contributed by atoms with Crippen LogP contribution in [-0.2, 0) is 16.0 Å². The summed E-state index contributed by atoms with van der Waals surface area (Å²) in [5, 5.41) is 11.3. The van der Waals surface area contributed by atoms with Gasteiger partial charge in [0, 0.05) is 29.1 Å². The number of ether oxygens (including phenoxy) is 2. The van der Waals surface area contributed by atoms with Crippen molar-refractivity contribution < 1.29 is 19.4 Å². The lowest BCUT2D eigenvalue weighted by molar-refractivity contribution is -0.160. The van der Waals surface area contributed by atoms with Gasteiger partial charge in [0.2, 0.25) is 0 Å². The molecule has 0 radical (unpaired) electrons. The predicted octanol–water partition coefficient (Wildman–Crippen LogP) is 6.82. The van der Waals surface area contributed by atoms with Crippen LogP contribution in [-0.4, -0.2) is 28.3 Å². The van der Waals surface area contributed by atoms with Gasteiger partial charge in [0.15, 0.2) is 6.10 Å². The molecule has 0 spiro atoms. The summed E-state index contributed by atoms with van der Waals surface area (Å²) in [4.78, 5) is 17.3. The minimum absolute atomic E-state index is 0.631. The summed E-state index contributed by atoms with van der Waals surface area (Å²) in [5.41, 5.74) is 6.79. The quantitative estimate of drug-likeness (QED) is 0.438. The highest BCUT2D eigenvalue weighted by atomic mass is 16.5. The van der Waals surface area contributed by atoms with Crippen molar-refractivity contribution in [2.45, 2.75) is 66.1 Å². The van der Waals surface area contributed by atoms with Gasteiger partial charge in [-0.3, -0.25) is 4.98 Å². The summed E-state index contributed by atoms with van der Waals surface area (Å²) in [6, 6.07) is 8.09. The number of carbonyl (C=O) groups is 1. The minimum atomic E-state index is -1.11. The van der Waals surface area contributed by atoms with Gasteiger partial charge >= 0.3 is 5.97 Å². The van der Waals surface area contributed by atoms with Gasteiger partial charge in [-0.15, -0.1) is 0 Å². The maximum absolute atomic E-state index is 12.5. The third-order valence-electron chi connectivity index (χ3n) is 6.20. The summed E-state index contributed by atoms with van der Waals surface area (Å²) in [5.74, 6) is -0.179. The molecule has 4 rings (SSSR count). The summed E-state index contributed by atoms with van der Waals surface area (Å²) >= 11 is 0. The number of carboxylic acid groups (broad SMARTS) is 1. The number of rotatable bonds is 6. The van der Waals surface area contributed by atoms with Crippen LogP contribution in [0.25, 0.3) is 28.1 Å². The smallest absolute Gasteiger partial charge is 0.337 e. The van der Waals surface area contributed by atoms with Gasteiger partial charge in [-0.1, -0.05) is 25.1 Å². The van der Waals surface area contributed by atoms with E-state index in [1.165, 1.54) is 5.56 Å². The van der Waals surface area contributed by atoms with Crippen molar-refractivity contribution in [3.63, 3.8) is 0 Å². The molecule has 2 aromatic carbocycles. The lowest BCUT2D eigenvalue weighted by Gasteiger charge is -2.29. The number of aromatic nitrogens is 1. The van der Waals surface area contributed by atoms with Crippen molar-refractivity contribution in [1.82, 2.24) is 4.98 Å². The summed E-state index contributed by atoms with van der Waals surface area (Å²) in [7, 11) is 0. The van der Waals surface area contributed by atoms with Gasteiger partial charge in [0.25, 0.3) is 0 Å². The van der Waals surface area contributed by atoms with E-state index in [4.69, 9.17) is 14.5 Å². The normalized spacial score (nSPS) is 14.4. The van der Waals surface area contributed by atoms with Crippen molar-refractivity contribution in [1.29, 1.82) is 0 Å². The molecule has 0 aliphatic carbocycles. The number of carboxylic acids is 1. The summed E-state index contributed by atoms with van der Waals surface area (Å²) < 4.78 is 12.1. The van der Waals surface area contributed by atoms with E-state index < -0.39 is 17.7 Å². The average molecular weight is 460 g/mol. The molecule has 178 valence electrons. The van der Waals surface area contributed by atoms with Crippen LogP contribution in [0.4, 0.5) is 0 Å². The van der Waals surface area contributed by atoms with Crippen LogP contribution in [0.5, 0.6) is 5.75 Å². The first-order valence-corrected chi connectivity index (χ1v) is 11.9. The highest BCUT2D eigenvalue weighted by Gasteiger charge is 2.32. The van der Waals surface area contributed by atoms with Gasteiger partial charge in [-0.25, -0.2) is 4.79 Å². The van der Waals surface area contributed by atoms with Crippen LogP contribution in [0.1, 0.15) is 68.0 Å². The SMILES string of the molecule is CC/C=C\c1cc(C)c([C@H](OC(C)(C)C)C(=O)O)c(-c2ccc3c4c(ccnc24)CCO3)c1C. The molecule has 0 fully saturated rings. The first-order valence-electron chi connectivity index (χ1n) is 11.9. The number of hydrogen-bond acceptors (Lipinski definition) is 4. The first kappa shape index (κ1) is 24.0. The van der Waals surface area contributed by atoms with E-state index in [0.29, 0.717) is 12.2 Å². The standard InChI is InChI=1S/C29H33NO4/c1-7-8-9-20-16-17(2)23(27(28(31)32)34-29(4,5)6)24(18(20)3)21-10-11-22-25-19(13-15-33-22)12-14-30-26(21)25/h8-12,14,16,27H,7,13,15H2,1-6H3,(H,31,32)/b9-8-/t27-/m0/s1. The van der Waals surface area contributed by atoms with Crippen molar-refractivity contribution in [3.05, 3.63) is 64.4 Å². The fourth-order valence-electron chi connectivity index (χ4n) is 4.76. The van der Waals surface area contributed by atoms with Gasteiger partial charge in [0.05, 0.1) is 17.7 Å². The third kappa shape index (κ3) is 4.45. The molecule has 0 amide bonds. The van der Waals surface area contributed by atoms with Gasteiger partial charge in [-0.2, -0.15) is 0 Å². The van der Waals surface area contributed by atoms with E-state index >= 15 is 0 Å². The highest BCUT2D eigenvalue weighted by molar-refractivity contribution is 6.02. The monoisotopic (exact) mass is 459 g/mol. The molecule has 1 aliphatic heterocycles. The average Bonchev–Trinajstić information content (AvgIpc) is 2.78. The van der Waals surface area contributed by atoms with E-state index in [1.807, 2.05) is 52.1 Å². The van der Waals surface area contributed by atoms with Crippen molar-refractivity contribution in [2.75, 3.05) is 6.61 Å². The molecule has 5 heteroatoms. The van der Waals surface area contributed by atoms with Crippen LogP contribution < -0.4 is 4.74 Å². The van der Waals surface area contributed by atoms with Crippen LogP contribution in [0.15, 0.2) is 36.5 Å². The highest BCUT2D eigenvalue weighted by Crippen LogP contribution is 2.44. The van der Waals surface area contributed by atoms with Crippen LogP contribution in [0, 0.1) is 13.8 Å².